The maximum atomic E-state index is 4.25. The summed E-state index contributed by atoms with van der Waals surface area (Å²) in [6.07, 6.45) is 5.80. The maximum Gasteiger partial charge on any atom is 0.131 e. The summed E-state index contributed by atoms with van der Waals surface area (Å²) in [4.78, 5) is 10.5. The molecule has 92 valence electrons. The zero-order valence-corrected chi connectivity index (χ0v) is 10.9. The van der Waals surface area contributed by atoms with E-state index < -0.39 is 0 Å². The van der Waals surface area contributed by atoms with Gasteiger partial charge in [0.2, 0.25) is 0 Å². The molecule has 0 aliphatic carbocycles. The van der Waals surface area contributed by atoms with Crippen molar-refractivity contribution in [3.05, 3.63) is 18.6 Å². The number of piperidine rings is 1. The molecule has 0 atom stereocenters. The van der Waals surface area contributed by atoms with Gasteiger partial charge < -0.3 is 10.2 Å². The molecule has 0 bridgehead atoms. The third-order valence-corrected chi connectivity index (χ3v) is 2.79. The number of hydrogen-bond donors (Lipinski definition) is 1. The summed E-state index contributed by atoms with van der Waals surface area (Å²) in [6, 6.07) is 2.65. The summed E-state index contributed by atoms with van der Waals surface area (Å²) >= 11 is 0. The van der Waals surface area contributed by atoms with E-state index in [4.69, 9.17) is 0 Å². The molecular formula is C10H18Cl2N4. The van der Waals surface area contributed by atoms with Crippen LogP contribution in [-0.2, 0) is 0 Å². The molecule has 1 aliphatic rings. The van der Waals surface area contributed by atoms with E-state index in [0.29, 0.717) is 6.04 Å². The van der Waals surface area contributed by atoms with Crippen LogP contribution >= 0.6 is 24.8 Å². The van der Waals surface area contributed by atoms with Gasteiger partial charge in [0.1, 0.15) is 12.1 Å². The third kappa shape index (κ3) is 3.77. The lowest BCUT2D eigenvalue weighted by atomic mass is 10.1. The van der Waals surface area contributed by atoms with Crippen LogP contribution < -0.4 is 10.2 Å². The zero-order chi connectivity index (χ0) is 9.80. The van der Waals surface area contributed by atoms with Crippen molar-refractivity contribution < 1.29 is 0 Å². The Morgan fingerprint density at radius 2 is 2.00 bits per heavy atom. The number of nitrogens with zero attached hydrogens (tertiary/aromatic N) is 3. The van der Waals surface area contributed by atoms with Crippen LogP contribution in [0, 0.1) is 0 Å². The van der Waals surface area contributed by atoms with Crippen molar-refractivity contribution in [1.82, 2.24) is 15.3 Å². The fourth-order valence-corrected chi connectivity index (χ4v) is 1.87. The van der Waals surface area contributed by atoms with Crippen LogP contribution in [0.2, 0.25) is 0 Å². The second kappa shape index (κ2) is 7.65. The van der Waals surface area contributed by atoms with Crippen molar-refractivity contribution in [3.8, 4) is 0 Å². The van der Waals surface area contributed by atoms with Crippen LogP contribution in [0.3, 0.4) is 0 Å². The average Bonchev–Trinajstić information content (AvgIpc) is 2.30. The first kappa shape index (κ1) is 15.4. The Morgan fingerprint density at radius 1 is 1.31 bits per heavy atom. The van der Waals surface area contributed by atoms with E-state index >= 15 is 0 Å². The summed E-state index contributed by atoms with van der Waals surface area (Å²) in [6.45, 7) is 2.17. The SMILES string of the molecule is CNC1CCN(c2ccncn2)CC1.Cl.Cl. The highest BCUT2D eigenvalue weighted by Gasteiger charge is 2.18. The molecule has 2 heterocycles. The Labute approximate surface area is 109 Å². The van der Waals surface area contributed by atoms with Gasteiger partial charge in [-0.25, -0.2) is 9.97 Å². The monoisotopic (exact) mass is 264 g/mol. The quantitative estimate of drug-likeness (QED) is 0.880. The summed E-state index contributed by atoms with van der Waals surface area (Å²) in [7, 11) is 2.03. The van der Waals surface area contributed by atoms with Gasteiger partial charge in [-0.3, -0.25) is 0 Å². The minimum absolute atomic E-state index is 0. The van der Waals surface area contributed by atoms with Gasteiger partial charge in [-0.15, -0.1) is 24.8 Å². The molecule has 0 aromatic carbocycles. The fourth-order valence-electron chi connectivity index (χ4n) is 1.87. The highest BCUT2D eigenvalue weighted by atomic mass is 35.5. The lowest BCUT2D eigenvalue weighted by Gasteiger charge is -2.32. The predicted octanol–water partition coefficient (Wildman–Crippen LogP) is 1.51. The van der Waals surface area contributed by atoms with Crippen molar-refractivity contribution in [1.29, 1.82) is 0 Å². The largest absolute Gasteiger partial charge is 0.356 e. The van der Waals surface area contributed by atoms with Crippen molar-refractivity contribution >= 4 is 30.6 Å². The van der Waals surface area contributed by atoms with Crippen molar-refractivity contribution in [2.24, 2.45) is 0 Å². The van der Waals surface area contributed by atoms with E-state index in [-0.39, 0.29) is 24.8 Å². The summed E-state index contributed by atoms with van der Waals surface area (Å²) in [5, 5.41) is 3.32. The van der Waals surface area contributed by atoms with Gasteiger partial charge in [-0.05, 0) is 26.0 Å². The molecule has 1 saturated heterocycles. The lowest BCUT2D eigenvalue weighted by molar-refractivity contribution is 0.440. The van der Waals surface area contributed by atoms with Gasteiger partial charge in [0.25, 0.3) is 0 Å². The molecule has 0 unspecified atom stereocenters. The van der Waals surface area contributed by atoms with Gasteiger partial charge in [-0.1, -0.05) is 0 Å². The van der Waals surface area contributed by atoms with Gasteiger partial charge in [0.15, 0.2) is 0 Å². The summed E-state index contributed by atoms with van der Waals surface area (Å²) in [5.74, 6) is 1.05. The molecule has 0 amide bonds. The van der Waals surface area contributed by atoms with Gasteiger partial charge in [0.05, 0.1) is 0 Å². The molecule has 1 fully saturated rings. The predicted molar refractivity (Wildman–Crippen MR) is 70.8 cm³/mol. The number of halogens is 2. The summed E-state index contributed by atoms with van der Waals surface area (Å²) < 4.78 is 0. The van der Waals surface area contributed by atoms with E-state index in [1.54, 1.807) is 12.5 Å². The van der Waals surface area contributed by atoms with Crippen LogP contribution in [0.5, 0.6) is 0 Å². The van der Waals surface area contributed by atoms with Gasteiger partial charge >= 0.3 is 0 Å². The minimum atomic E-state index is 0. The van der Waals surface area contributed by atoms with Crippen LogP contribution in [-0.4, -0.2) is 36.1 Å². The molecule has 1 N–H and O–H groups in total. The second-order valence-electron chi connectivity index (χ2n) is 3.62. The van der Waals surface area contributed by atoms with E-state index in [2.05, 4.69) is 20.2 Å². The first-order chi connectivity index (χ1) is 6.90. The van der Waals surface area contributed by atoms with Crippen LogP contribution in [0.4, 0.5) is 5.82 Å². The van der Waals surface area contributed by atoms with Crippen molar-refractivity contribution in [2.45, 2.75) is 18.9 Å². The smallest absolute Gasteiger partial charge is 0.131 e. The van der Waals surface area contributed by atoms with Crippen molar-refractivity contribution in [2.75, 3.05) is 25.0 Å². The normalized spacial score (nSPS) is 16.2. The molecule has 2 rings (SSSR count). The van der Waals surface area contributed by atoms with Crippen LogP contribution in [0.25, 0.3) is 0 Å². The lowest BCUT2D eigenvalue weighted by Crippen LogP contribution is -2.41. The third-order valence-electron chi connectivity index (χ3n) is 2.79. The molecule has 1 aromatic heterocycles. The summed E-state index contributed by atoms with van der Waals surface area (Å²) in [5.41, 5.74) is 0. The van der Waals surface area contributed by atoms with E-state index in [9.17, 15) is 0 Å². The van der Waals surface area contributed by atoms with Crippen molar-refractivity contribution in [3.63, 3.8) is 0 Å². The van der Waals surface area contributed by atoms with Crippen LogP contribution in [0.15, 0.2) is 18.6 Å². The highest BCUT2D eigenvalue weighted by molar-refractivity contribution is 5.85. The first-order valence-corrected chi connectivity index (χ1v) is 5.08. The molecule has 1 aromatic rings. The average molecular weight is 265 g/mol. The molecule has 0 saturated carbocycles. The highest BCUT2D eigenvalue weighted by Crippen LogP contribution is 2.16. The fraction of sp³-hybridized carbons (Fsp3) is 0.600. The number of aromatic nitrogens is 2. The Balaban J connectivity index is 0.00000112. The number of nitrogens with one attached hydrogen (secondary N) is 1. The van der Waals surface area contributed by atoms with Crippen LogP contribution in [0.1, 0.15) is 12.8 Å². The number of rotatable bonds is 2. The van der Waals surface area contributed by atoms with E-state index in [1.165, 1.54) is 12.8 Å². The molecule has 0 radical (unpaired) electrons. The second-order valence-corrected chi connectivity index (χ2v) is 3.62. The number of hydrogen-bond acceptors (Lipinski definition) is 4. The Kier molecular flexibility index (Phi) is 7.38. The standard InChI is InChI=1S/C10H16N4.2ClH/c1-11-9-3-6-14(7-4-9)10-2-5-12-8-13-10;;/h2,5,8-9,11H,3-4,6-7H2,1H3;2*1H. The maximum absolute atomic E-state index is 4.25. The molecule has 6 heteroatoms. The minimum Gasteiger partial charge on any atom is -0.356 e. The molecule has 4 nitrogen and oxygen atoms in total. The zero-order valence-electron chi connectivity index (χ0n) is 9.30. The van der Waals surface area contributed by atoms with E-state index in [1.807, 2.05) is 13.1 Å². The molecule has 16 heavy (non-hydrogen) atoms. The van der Waals surface area contributed by atoms with Gasteiger partial charge in [-0.2, -0.15) is 0 Å². The number of anilines is 1. The van der Waals surface area contributed by atoms with Gasteiger partial charge in [0, 0.05) is 25.3 Å². The molecular weight excluding hydrogens is 247 g/mol. The Bertz CT molecular complexity index is 275. The van der Waals surface area contributed by atoms with E-state index in [0.717, 1.165) is 18.9 Å². The molecule has 1 aliphatic heterocycles. The molecule has 0 spiro atoms. The Morgan fingerprint density at radius 3 is 2.50 bits per heavy atom. The Hall–Kier alpha value is -0.580. The topological polar surface area (TPSA) is 41.0 Å². The first-order valence-electron chi connectivity index (χ1n) is 5.08.